The van der Waals surface area contributed by atoms with Gasteiger partial charge in [-0.25, -0.2) is 0 Å². The van der Waals surface area contributed by atoms with Crippen LogP contribution in [0.5, 0.6) is 17.2 Å². The number of methoxy groups -OCH3 is 3. The molecule has 0 spiro atoms. The second-order valence-corrected chi connectivity index (χ2v) is 18.9. The number of rotatable bonds is 6. The van der Waals surface area contributed by atoms with E-state index in [1.165, 1.54) is 0 Å². The fourth-order valence-electron chi connectivity index (χ4n) is 2.54. The van der Waals surface area contributed by atoms with Crippen LogP contribution in [-0.4, -0.2) is 36.1 Å². The molecule has 0 bridgehead atoms. The van der Waals surface area contributed by atoms with Gasteiger partial charge < -0.3 is 14.2 Å². The summed E-state index contributed by atoms with van der Waals surface area (Å²) in [7, 11) is 3.04. The molecule has 0 aliphatic carbocycles. The lowest BCUT2D eigenvalue weighted by atomic mass is 10.3. The zero-order valence-corrected chi connectivity index (χ0v) is 16.4. The summed E-state index contributed by atoms with van der Waals surface area (Å²) in [6, 6.07) is 3.77. The summed E-state index contributed by atoms with van der Waals surface area (Å²) in [5.74, 6) is 2.28. The standard InChI is InChI=1S/C13H22Cl2O3Si2/c1-16-10-7-11(17-2)13(12(8-10)18-3)19(4,5)9-20(6,14)15/h7-8H,9H2,1-6H3. The number of ether oxygens (including phenoxy) is 3. The predicted octanol–water partition coefficient (Wildman–Crippen LogP) is 3.72. The van der Waals surface area contributed by atoms with Crippen LogP contribution < -0.4 is 19.4 Å². The number of halogens is 2. The van der Waals surface area contributed by atoms with E-state index in [9.17, 15) is 0 Å². The minimum atomic E-state index is -2.20. The molecule has 114 valence electrons. The van der Waals surface area contributed by atoms with E-state index >= 15 is 0 Å². The molecule has 0 aliphatic rings. The van der Waals surface area contributed by atoms with Crippen molar-refractivity contribution in [2.24, 2.45) is 0 Å². The zero-order chi connectivity index (χ0) is 15.6. The van der Waals surface area contributed by atoms with Crippen molar-refractivity contribution in [2.45, 2.75) is 25.3 Å². The van der Waals surface area contributed by atoms with Crippen molar-refractivity contribution in [2.75, 3.05) is 21.3 Å². The quantitative estimate of drug-likeness (QED) is 0.576. The van der Waals surface area contributed by atoms with Crippen molar-refractivity contribution >= 4 is 42.1 Å². The summed E-state index contributed by atoms with van der Waals surface area (Å²) in [6.07, 6.45) is 0. The molecular weight excluding hydrogens is 331 g/mol. The Morgan fingerprint density at radius 2 is 1.35 bits per heavy atom. The minimum Gasteiger partial charge on any atom is -0.497 e. The topological polar surface area (TPSA) is 27.7 Å². The van der Waals surface area contributed by atoms with E-state index < -0.39 is 14.8 Å². The Morgan fingerprint density at radius 1 is 0.900 bits per heavy atom. The van der Waals surface area contributed by atoms with E-state index in [1.807, 2.05) is 18.7 Å². The van der Waals surface area contributed by atoms with E-state index in [2.05, 4.69) is 13.1 Å². The van der Waals surface area contributed by atoms with Crippen molar-refractivity contribution in [1.82, 2.24) is 0 Å². The van der Waals surface area contributed by atoms with E-state index in [-0.39, 0.29) is 0 Å². The molecule has 0 atom stereocenters. The molecule has 0 saturated carbocycles. The van der Waals surface area contributed by atoms with Crippen LogP contribution in [0.4, 0.5) is 0 Å². The third kappa shape index (κ3) is 4.31. The smallest absolute Gasteiger partial charge is 0.246 e. The lowest BCUT2D eigenvalue weighted by molar-refractivity contribution is 0.379. The molecule has 1 aromatic rings. The van der Waals surface area contributed by atoms with Gasteiger partial charge in [-0.2, -0.15) is 0 Å². The van der Waals surface area contributed by atoms with Gasteiger partial charge in [-0.1, -0.05) is 13.1 Å². The monoisotopic (exact) mass is 352 g/mol. The Morgan fingerprint density at radius 3 is 1.65 bits per heavy atom. The van der Waals surface area contributed by atoms with Crippen molar-refractivity contribution < 1.29 is 14.2 Å². The summed E-state index contributed by atoms with van der Waals surface area (Å²) in [5.41, 5.74) is 0.835. The molecule has 0 saturated heterocycles. The largest absolute Gasteiger partial charge is 0.497 e. The van der Waals surface area contributed by atoms with Gasteiger partial charge in [-0.05, 0) is 12.2 Å². The van der Waals surface area contributed by atoms with Gasteiger partial charge >= 0.3 is 0 Å². The van der Waals surface area contributed by atoms with Crippen molar-refractivity contribution in [3.63, 3.8) is 0 Å². The molecule has 1 rings (SSSR count). The van der Waals surface area contributed by atoms with E-state index in [1.54, 1.807) is 21.3 Å². The number of benzene rings is 1. The average molecular weight is 353 g/mol. The molecule has 7 heteroatoms. The molecule has 3 nitrogen and oxygen atoms in total. The van der Waals surface area contributed by atoms with Crippen LogP contribution in [0.25, 0.3) is 0 Å². The molecule has 1 aromatic carbocycles. The first-order valence-corrected chi connectivity index (χ1v) is 14.3. The van der Waals surface area contributed by atoms with Gasteiger partial charge in [0.15, 0.2) is 0 Å². The van der Waals surface area contributed by atoms with Gasteiger partial charge in [0, 0.05) is 17.3 Å². The van der Waals surface area contributed by atoms with Crippen molar-refractivity contribution in [3.8, 4) is 17.2 Å². The van der Waals surface area contributed by atoms with Gasteiger partial charge in [0.2, 0.25) is 6.69 Å². The van der Waals surface area contributed by atoms with Crippen LogP contribution in [0.15, 0.2) is 12.1 Å². The highest BCUT2D eigenvalue weighted by Crippen LogP contribution is 2.34. The maximum Gasteiger partial charge on any atom is 0.246 e. The second kappa shape index (κ2) is 6.60. The third-order valence-electron chi connectivity index (χ3n) is 3.14. The lowest BCUT2D eigenvalue weighted by Crippen LogP contribution is -2.47. The normalized spacial score (nSPS) is 12.2. The van der Waals surface area contributed by atoms with Crippen molar-refractivity contribution in [3.05, 3.63) is 12.1 Å². The molecule has 0 radical (unpaired) electrons. The van der Waals surface area contributed by atoms with Crippen LogP contribution in [0.1, 0.15) is 0 Å². The second-order valence-electron chi connectivity index (χ2n) is 5.54. The Balaban J connectivity index is 3.41. The van der Waals surface area contributed by atoms with Crippen LogP contribution in [0.3, 0.4) is 0 Å². The Labute approximate surface area is 132 Å². The molecule has 0 amide bonds. The molecule has 0 aliphatic heterocycles. The van der Waals surface area contributed by atoms with Crippen molar-refractivity contribution in [1.29, 1.82) is 0 Å². The molecule has 20 heavy (non-hydrogen) atoms. The SMILES string of the molecule is COc1cc(OC)c([Si](C)(C)C[Si](C)(Cl)Cl)c(OC)c1. The van der Waals surface area contributed by atoms with Gasteiger partial charge in [-0.15, -0.1) is 22.2 Å². The zero-order valence-electron chi connectivity index (χ0n) is 12.8. The van der Waals surface area contributed by atoms with Crippen LogP contribution in [0.2, 0.25) is 25.3 Å². The summed E-state index contributed by atoms with van der Waals surface area (Å²) in [4.78, 5) is 0. The summed E-state index contributed by atoms with van der Waals surface area (Å²) in [5, 5.41) is 1.10. The minimum absolute atomic E-state index is 0.712. The van der Waals surface area contributed by atoms with Crippen LogP contribution in [-0.2, 0) is 0 Å². The first kappa shape index (κ1) is 17.7. The molecule has 0 heterocycles. The van der Waals surface area contributed by atoms with Crippen LogP contribution >= 0.6 is 22.2 Å². The maximum atomic E-state index is 6.35. The molecule has 0 N–H and O–H groups in total. The Kier molecular flexibility index (Phi) is 5.83. The molecular formula is C13H22Cl2O3Si2. The Hall–Kier alpha value is -0.366. The van der Waals surface area contributed by atoms with Gasteiger partial charge in [0.1, 0.15) is 17.2 Å². The van der Waals surface area contributed by atoms with Gasteiger partial charge in [0.25, 0.3) is 0 Å². The molecule has 0 unspecified atom stereocenters. The highest BCUT2D eigenvalue weighted by Gasteiger charge is 2.38. The van der Waals surface area contributed by atoms with E-state index in [0.717, 1.165) is 22.4 Å². The Bertz CT molecular complexity index is 448. The lowest BCUT2D eigenvalue weighted by Gasteiger charge is -2.30. The first-order valence-electron chi connectivity index (χ1n) is 6.33. The summed E-state index contributed by atoms with van der Waals surface area (Å²) in [6.45, 7) is 4.21. The highest BCUT2D eigenvalue weighted by atomic mass is 35.7. The highest BCUT2D eigenvalue weighted by molar-refractivity contribution is 7.47. The van der Waals surface area contributed by atoms with Gasteiger partial charge in [-0.3, -0.25) is 0 Å². The summed E-state index contributed by atoms with van der Waals surface area (Å²) < 4.78 is 16.4. The maximum absolute atomic E-state index is 6.35. The molecule has 0 aromatic heterocycles. The fraction of sp³-hybridized carbons (Fsp3) is 0.538. The average Bonchev–Trinajstić information content (AvgIpc) is 2.33. The molecule has 0 fully saturated rings. The van der Waals surface area contributed by atoms with E-state index in [0.29, 0.717) is 5.75 Å². The summed E-state index contributed by atoms with van der Waals surface area (Å²) >= 11 is 12.7. The fourth-order valence-corrected chi connectivity index (χ4v) is 17.1. The van der Waals surface area contributed by atoms with E-state index in [4.69, 9.17) is 36.4 Å². The predicted molar refractivity (Wildman–Crippen MR) is 91.3 cm³/mol. The van der Waals surface area contributed by atoms with Crippen LogP contribution in [0, 0.1) is 0 Å². The van der Waals surface area contributed by atoms with Gasteiger partial charge in [0.05, 0.1) is 29.4 Å². The number of hydrogen-bond donors (Lipinski definition) is 0. The number of hydrogen-bond acceptors (Lipinski definition) is 3. The third-order valence-corrected chi connectivity index (χ3v) is 13.4. The first-order chi connectivity index (χ1) is 9.14.